The number of sulfonamides is 1. The van der Waals surface area contributed by atoms with Crippen molar-refractivity contribution in [2.24, 2.45) is 0 Å². The molecule has 0 saturated carbocycles. The third-order valence-corrected chi connectivity index (χ3v) is 5.40. The van der Waals surface area contributed by atoms with Gasteiger partial charge in [-0.05, 0) is 48.5 Å². The first-order chi connectivity index (χ1) is 13.5. The van der Waals surface area contributed by atoms with Crippen LogP contribution in [0.3, 0.4) is 0 Å². The molecule has 8 heteroatoms. The van der Waals surface area contributed by atoms with E-state index in [0.717, 1.165) is 0 Å². The number of hydrogen-bond acceptors (Lipinski definition) is 5. The van der Waals surface area contributed by atoms with E-state index >= 15 is 0 Å². The van der Waals surface area contributed by atoms with Crippen molar-refractivity contribution in [1.29, 1.82) is 0 Å². The van der Waals surface area contributed by atoms with Gasteiger partial charge in [0.1, 0.15) is 10.7 Å². The number of anilines is 1. The first kappa shape index (κ1) is 17.9. The number of halogens is 1. The number of hydrogen-bond donors (Lipinski definition) is 1. The van der Waals surface area contributed by atoms with E-state index in [1.165, 1.54) is 30.3 Å². The molecule has 0 unspecified atom stereocenters. The summed E-state index contributed by atoms with van der Waals surface area (Å²) in [5.74, 6) is -0.0949. The normalized spacial score (nSPS) is 11.3. The van der Waals surface area contributed by atoms with E-state index in [4.69, 9.17) is 4.52 Å². The average molecular weight is 395 g/mol. The van der Waals surface area contributed by atoms with Crippen LogP contribution in [0.15, 0.2) is 88.3 Å². The second kappa shape index (κ2) is 7.24. The minimum absolute atomic E-state index is 0.00755. The van der Waals surface area contributed by atoms with E-state index in [0.29, 0.717) is 11.3 Å². The summed E-state index contributed by atoms with van der Waals surface area (Å²) in [7, 11) is -3.88. The lowest BCUT2D eigenvalue weighted by molar-refractivity contribution is 0.431. The van der Waals surface area contributed by atoms with Gasteiger partial charge in [0.25, 0.3) is 15.9 Å². The number of nitrogens with zero attached hydrogens (tertiary/aromatic N) is 2. The smallest absolute Gasteiger partial charge is 0.262 e. The quantitative estimate of drug-likeness (QED) is 0.543. The summed E-state index contributed by atoms with van der Waals surface area (Å²) in [5, 5.41) is 3.88. The first-order valence-corrected chi connectivity index (χ1v) is 9.78. The zero-order valence-corrected chi connectivity index (χ0v) is 15.2. The van der Waals surface area contributed by atoms with Gasteiger partial charge in [0.2, 0.25) is 5.82 Å². The predicted octanol–water partition coefficient (Wildman–Crippen LogP) is 4.34. The molecule has 6 nitrogen and oxygen atoms in total. The molecule has 0 aliphatic heterocycles. The molecular weight excluding hydrogens is 381 g/mol. The van der Waals surface area contributed by atoms with Crippen molar-refractivity contribution in [3.63, 3.8) is 0 Å². The van der Waals surface area contributed by atoms with Gasteiger partial charge in [0.05, 0.1) is 5.56 Å². The van der Waals surface area contributed by atoms with Gasteiger partial charge in [0, 0.05) is 11.3 Å². The Morgan fingerprint density at radius 2 is 1.54 bits per heavy atom. The molecule has 0 atom stereocenters. The van der Waals surface area contributed by atoms with Gasteiger partial charge in [0.15, 0.2) is 0 Å². The minimum atomic E-state index is -3.88. The molecule has 28 heavy (non-hydrogen) atoms. The van der Waals surface area contributed by atoms with Crippen molar-refractivity contribution in [3.05, 3.63) is 84.7 Å². The van der Waals surface area contributed by atoms with Crippen LogP contribution in [0.1, 0.15) is 0 Å². The number of para-hydroxylation sites is 1. The first-order valence-electron chi connectivity index (χ1n) is 8.30. The van der Waals surface area contributed by atoms with Gasteiger partial charge in [-0.1, -0.05) is 35.5 Å². The fraction of sp³-hybridized carbons (Fsp3) is 0. The van der Waals surface area contributed by atoms with Crippen LogP contribution in [0.25, 0.3) is 22.8 Å². The van der Waals surface area contributed by atoms with E-state index in [1.54, 1.807) is 48.5 Å². The number of benzene rings is 3. The molecule has 1 aromatic heterocycles. The Hall–Kier alpha value is -3.52. The SMILES string of the molecule is O=S(=O)(Nc1ccccc1)c1ccccc1-c1nc(-c2ccc(F)cc2)no1. The molecule has 1 N–H and O–H groups in total. The number of nitrogens with one attached hydrogen (secondary N) is 1. The zero-order valence-electron chi connectivity index (χ0n) is 14.4. The van der Waals surface area contributed by atoms with E-state index in [-0.39, 0.29) is 28.0 Å². The molecule has 1 heterocycles. The molecule has 0 aliphatic carbocycles. The van der Waals surface area contributed by atoms with Crippen LogP contribution in [0.5, 0.6) is 0 Å². The highest BCUT2D eigenvalue weighted by Gasteiger charge is 2.23. The highest BCUT2D eigenvalue weighted by molar-refractivity contribution is 7.92. The summed E-state index contributed by atoms with van der Waals surface area (Å²) < 4.78 is 46.6. The van der Waals surface area contributed by atoms with Crippen LogP contribution in [0.4, 0.5) is 10.1 Å². The number of rotatable bonds is 5. The van der Waals surface area contributed by atoms with Crippen LogP contribution >= 0.6 is 0 Å². The fourth-order valence-electron chi connectivity index (χ4n) is 2.64. The van der Waals surface area contributed by atoms with Gasteiger partial charge in [-0.3, -0.25) is 4.72 Å². The summed E-state index contributed by atoms with van der Waals surface area (Å²) in [6.07, 6.45) is 0. The van der Waals surface area contributed by atoms with Crippen LogP contribution in [-0.4, -0.2) is 18.6 Å². The molecule has 140 valence electrons. The molecule has 0 aliphatic rings. The molecule has 0 spiro atoms. The maximum Gasteiger partial charge on any atom is 0.262 e. The largest absolute Gasteiger partial charge is 0.334 e. The van der Waals surface area contributed by atoms with Crippen LogP contribution in [-0.2, 0) is 10.0 Å². The van der Waals surface area contributed by atoms with Gasteiger partial charge in [-0.15, -0.1) is 0 Å². The molecule has 4 aromatic rings. The summed E-state index contributed by atoms with van der Waals surface area (Å²) in [5.41, 5.74) is 1.26. The van der Waals surface area contributed by atoms with E-state index in [9.17, 15) is 12.8 Å². The molecule has 0 saturated heterocycles. The van der Waals surface area contributed by atoms with Gasteiger partial charge < -0.3 is 4.52 Å². The van der Waals surface area contributed by atoms with Gasteiger partial charge >= 0.3 is 0 Å². The van der Waals surface area contributed by atoms with Crippen molar-refractivity contribution in [2.45, 2.75) is 4.90 Å². The van der Waals surface area contributed by atoms with Crippen molar-refractivity contribution < 1.29 is 17.3 Å². The molecule has 0 radical (unpaired) electrons. The van der Waals surface area contributed by atoms with Crippen LogP contribution in [0, 0.1) is 5.82 Å². The second-order valence-corrected chi connectivity index (χ2v) is 7.55. The van der Waals surface area contributed by atoms with Crippen molar-refractivity contribution in [1.82, 2.24) is 10.1 Å². The molecule has 0 amide bonds. The summed E-state index contributed by atoms with van der Waals surface area (Å²) in [6.45, 7) is 0. The third-order valence-electron chi connectivity index (χ3n) is 3.96. The van der Waals surface area contributed by atoms with Crippen LogP contribution < -0.4 is 4.72 Å². The van der Waals surface area contributed by atoms with Gasteiger partial charge in [-0.2, -0.15) is 4.98 Å². The average Bonchev–Trinajstić information content (AvgIpc) is 3.19. The Bertz CT molecular complexity index is 1210. The molecule has 0 fully saturated rings. The molecule has 4 rings (SSSR count). The second-order valence-electron chi connectivity index (χ2n) is 5.90. The highest BCUT2D eigenvalue weighted by Crippen LogP contribution is 2.29. The van der Waals surface area contributed by atoms with Crippen molar-refractivity contribution in [3.8, 4) is 22.8 Å². The Morgan fingerprint density at radius 1 is 0.857 bits per heavy atom. The Balaban J connectivity index is 1.71. The number of aromatic nitrogens is 2. The summed E-state index contributed by atoms with van der Waals surface area (Å²) in [4.78, 5) is 4.28. The molecule has 0 bridgehead atoms. The minimum Gasteiger partial charge on any atom is -0.334 e. The zero-order chi connectivity index (χ0) is 19.6. The summed E-state index contributed by atoms with van der Waals surface area (Å²) in [6, 6.07) is 20.5. The third kappa shape index (κ3) is 3.63. The Kier molecular flexibility index (Phi) is 4.62. The Morgan fingerprint density at radius 3 is 2.29 bits per heavy atom. The lowest BCUT2D eigenvalue weighted by Gasteiger charge is -2.10. The monoisotopic (exact) mass is 395 g/mol. The standard InChI is InChI=1S/C20H14FN3O3S/c21-15-12-10-14(11-13-15)19-22-20(27-23-19)17-8-4-5-9-18(17)28(25,26)24-16-6-2-1-3-7-16/h1-13,24H. The van der Waals surface area contributed by atoms with E-state index in [2.05, 4.69) is 14.9 Å². The van der Waals surface area contributed by atoms with Crippen molar-refractivity contribution in [2.75, 3.05) is 4.72 Å². The maximum atomic E-state index is 13.1. The molecule has 3 aromatic carbocycles. The Labute approximate surface area is 160 Å². The van der Waals surface area contributed by atoms with E-state index in [1.807, 2.05) is 0 Å². The van der Waals surface area contributed by atoms with Gasteiger partial charge in [-0.25, -0.2) is 12.8 Å². The topological polar surface area (TPSA) is 85.1 Å². The lowest BCUT2D eigenvalue weighted by atomic mass is 10.2. The summed E-state index contributed by atoms with van der Waals surface area (Å²) >= 11 is 0. The highest BCUT2D eigenvalue weighted by atomic mass is 32.2. The molecular formula is C20H14FN3O3S. The lowest BCUT2D eigenvalue weighted by Crippen LogP contribution is -2.14. The van der Waals surface area contributed by atoms with Crippen molar-refractivity contribution >= 4 is 15.7 Å². The predicted molar refractivity (Wildman–Crippen MR) is 102 cm³/mol. The fourth-order valence-corrected chi connectivity index (χ4v) is 3.90. The maximum absolute atomic E-state index is 13.1. The van der Waals surface area contributed by atoms with E-state index < -0.39 is 10.0 Å². The van der Waals surface area contributed by atoms with Crippen LogP contribution in [0.2, 0.25) is 0 Å².